The Bertz CT molecular complexity index is 477. The van der Waals surface area contributed by atoms with Crippen LogP contribution in [-0.2, 0) is 6.42 Å². The van der Waals surface area contributed by atoms with Crippen molar-refractivity contribution in [2.45, 2.75) is 34.1 Å². The lowest BCUT2D eigenvalue weighted by atomic mass is 9.92. The second-order valence-electron chi connectivity index (χ2n) is 5.24. The molecule has 2 aromatic heterocycles. The first-order valence-corrected chi connectivity index (χ1v) is 5.27. The lowest BCUT2D eigenvalue weighted by Gasteiger charge is -2.16. The molecule has 0 radical (unpaired) electrons. The summed E-state index contributed by atoms with van der Waals surface area (Å²) >= 11 is 0. The van der Waals surface area contributed by atoms with Crippen LogP contribution in [0.4, 0.5) is 0 Å². The van der Waals surface area contributed by atoms with E-state index >= 15 is 0 Å². The standard InChI is InChI=1S/C12H17N3/c1-9-6-5-7-15-10(8-12(2,3)4)13-14-11(9)15/h5-7H,8H2,1-4H3. The van der Waals surface area contributed by atoms with E-state index in [1.165, 1.54) is 5.56 Å². The summed E-state index contributed by atoms with van der Waals surface area (Å²) < 4.78 is 2.08. The van der Waals surface area contributed by atoms with E-state index in [1.807, 2.05) is 12.3 Å². The van der Waals surface area contributed by atoms with Gasteiger partial charge in [-0.15, -0.1) is 10.2 Å². The largest absolute Gasteiger partial charge is 0.286 e. The number of pyridine rings is 1. The van der Waals surface area contributed by atoms with Crippen LogP contribution in [0.3, 0.4) is 0 Å². The third-order valence-electron chi connectivity index (χ3n) is 2.39. The van der Waals surface area contributed by atoms with Gasteiger partial charge in [-0.1, -0.05) is 26.8 Å². The van der Waals surface area contributed by atoms with Crippen molar-refractivity contribution in [3.8, 4) is 0 Å². The molecular weight excluding hydrogens is 186 g/mol. The van der Waals surface area contributed by atoms with Gasteiger partial charge in [0.15, 0.2) is 5.65 Å². The quantitative estimate of drug-likeness (QED) is 0.713. The second-order valence-corrected chi connectivity index (χ2v) is 5.24. The second kappa shape index (κ2) is 3.33. The van der Waals surface area contributed by atoms with Crippen LogP contribution in [0.25, 0.3) is 5.65 Å². The summed E-state index contributed by atoms with van der Waals surface area (Å²) in [7, 11) is 0. The summed E-state index contributed by atoms with van der Waals surface area (Å²) in [6.45, 7) is 8.70. The first-order valence-electron chi connectivity index (χ1n) is 5.27. The fraction of sp³-hybridized carbons (Fsp3) is 0.500. The summed E-state index contributed by atoms with van der Waals surface area (Å²) in [5.41, 5.74) is 2.38. The monoisotopic (exact) mass is 203 g/mol. The molecule has 2 heterocycles. The van der Waals surface area contributed by atoms with Gasteiger partial charge in [0.05, 0.1) is 0 Å². The van der Waals surface area contributed by atoms with Crippen LogP contribution in [0.5, 0.6) is 0 Å². The Morgan fingerprint density at radius 2 is 2.00 bits per heavy atom. The topological polar surface area (TPSA) is 30.2 Å². The van der Waals surface area contributed by atoms with Gasteiger partial charge in [-0.25, -0.2) is 0 Å². The molecule has 3 heteroatoms. The van der Waals surface area contributed by atoms with Gasteiger partial charge in [-0.05, 0) is 24.0 Å². The van der Waals surface area contributed by atoms with E-state index in [-0.39, 0.29) is 5.41 Å². The van der Waals surface area contributed by atoms with Crippen molar-refractivity contribution in [3.05, 3.63) is 29.7 Å². The van der Waals surface area contributed by atoms with Crippen molar-refractivity contribution >= 4 is 5.65 Å². The maximum atomic E-state index is 4.25. The zero-order chi connectivity index (χ0) is 11.1. The molecule has 0 aliphatic carbocycles. The normalized spacial score (nSPS) is 12.3. The molecule has 80 valence electrons. The average Bonchev–Trinajstić information content (AvgIpc) is 2.48. The Balaban J connectivity index is 2.50. The van der Waals surface area contributed by atoms with E-state index in [0.717, 1.165) is 17.9 Å². The smallest absolute Gasteiger partial charge is 0.163 e. The Labute approximate surface area is 90.1 Å². The molecule has 0 amide bonds. The van der Waals surface area contributed by atoms with E-state index in [1.54, 1.807) is 0 Å². The Morgan fingerprint density at radius 1 is 1.27 bits per heavy atom. The highest BCUT2D eigenvalue weighted by molar-refractivity contribution is 5.46. The van der Waals surface area contributed by atoms with E-state index in [0.29, 0.717) is 0 Å². The Kier molecular flexibility index (Phi) is 2.25. The van der Waals surface area contributed by atoms with Crippen molar-refractivity contribution in [1.82, 2.24) is 14.6 Å². The third kappa shape index (κ3) is 2.01. The Hall–Kier alpha value is -1.38. The van der Waals surface area contributed by atoms with Gasteiger partial charge in [0.1, 0.15) is 5.82 Å². The number of hydrogen-bond donors (Lipinski definition) is 0. The molecule has 0 bridgehead atoms. The lowest BCUT2D eigenvalue weighted by molar-refractivity contribution is 0.399. The first-order chi connectivity index (χ1) is 6.97. The predicted molar refractivity (Wildman–Crippen MR) is 60.9 cm³/mol. The van der Waals surface area contributed by atoms with Crippen LogP contribution in [0.15, 0.2) is 18.3 Å². The lowest BCUT2D eigenvalue weighted by Crippen LogP contribution is -2.12. The minimum atomic E-state index is 0.243. The van der Waals surface area contributed by atoms with Crippen LogP contribution >= 0.6 is 0 Å². The number of fused-ring (bicyclic) bond motifs is 1. The molecule has 15 heavy (non-hydrogen) atoms. The predicted octanol–water partition coefficient (Wildman–Crippen LogP) is 2.63. The van der Waals surface area contributed by atoms with E-state index in [9.17, 15) is 0 Å². The molecule has 0 N–H and O–H groups in total. The summed E-state index contributed by atoms with van der Waals surface area (Å²) in [5.74, 6) is 1.04. The van der Waals surface area contributed by atoms with Crippen molar-refractivity contribution in [3.63, 3.8) is 0 Å². The summed E-state index contributed by atoms with van der Waals surface area (Å²) in [6.07, 6.45) is 2.97. The number of rotatable bonds is 1. The van der Waals surface area contributed by atoms with Crippen molar-refractivity contribution in [2.24, 2.45) is 5.41 Å². The van der Waals surface area contributed by atoms with Crippen molar-refractivity contribution in [1.29, 1.82) is 0 Å². The molecule has 0 spiro atoms. The van der Waals surface area contributed by atoms with E-state index in [2.05, 4.69) is 48.4 Å². The van der Waals surface area contributed by atoms with Crippen LogP contribution in [-0.4, -0.2) is 14.6 Å². The number of aryl methyl sites for hydroxylation is 1. The molecule has 0 fully saturated rings. The van der Waals surface area contributed by atoms with E-state index in [4.69, 9.17) is 0 Å². The van der Waals surface area contributed by atoms with Gasteiger partial charge in [-0.2, -0.15) is 0 Å². The van der Waals surface area contributed by atoms with Crippen LogP contribution < -0.4 is 0 Å². The highest BCUT2D eigenvalue weighted by Crippen LogP contribution is 2.20. The molecule has 0 saturated heterocycles. The zero-order valence-electron chi connectivity index (χ0n) is 9.78. The molecule has 0 aliphatic rings. The SMILES string of the molecule is Cc1cccn2c(CC(C)(C)C)nnc12. The van der Waals surface area contributed by atoms with Crippen LogP contribution in [0, 0.1) is 12.3 Å². The van der Waals surface area contributed by atoms with Gasteiger partial charge in [-0.3, -0.25) is 4.40 Å². The zero-order valence-corrected chi connectivity index (χ0v) is 9.78. The van der Waals surface area contributed by atoms with Crippen molar-refractivity contribution < 1.29 is 0 Å². The van der Waals surface area contributed by atoms with Gasteiger partial charge in [0.25, 0.3) is 0 Å². The molecule has 0 aliphatic heterocycles. The molecule has 0 aromatic carbocycles. The summed E-state index contributed by atoms with van der Waals surface area (Å²) in [6, 6.07) is 4.10. The number of aromatic nitrogens is 3. The number of nitrogens with zero attached hydrogens (tertiary/aromatic N) is 3. The van der Waals surface area contributed by atoms with Gasteiger partial charge < -0.3 is 0 Å². The average molecular weight is 203 g/mol. The first kappa shape index (κ1) is 10.1. The van der Waals surface area contributed by atoms with Crippen molar-refractivity contribution in [2.75, 3.05) is 0 Å². The fourth-order valence-corrected chi connectivity index (χ4v) is 1.69. The number of hydrogen-bond acceptors (Lipinski definition) is 2. The minimum absolute atomic E-state index is 0.243. The summed E-state index contributed by atoms with van der Waals surface area (Å²) in [4.78, 5) is 0. The molecule has 0 unspecified atom stereocenters. The fourth-order valence-electron chi connectivity index (χ4n) is 1.69. The molecule has 0 atom stereocenters. The highest BCUT2D eigenvalue weighted by Gasteiger charge is 2.16. The molecular formula is C12H17N3. The minimum Gasteiger partial charge on any atom is -0.286 e. The van der Waals surface area contributed by atoms with Gasteiger partial charge in [0, 0.05) is 12.6 Å². The molecule has 2 aromatic rings. The van der Waals surface area contributed by atoms with Gasteiger partial charge in [0.2, 0.25) is 0 Å². The Morgan fingerprint density at radius 3 is 2.67 bits per heavy atom. The maximum absolute atomic E-state index is 4.25. The maximum Gasteiger partial charge on any atom is 0.163 e. The van der Waals surface area contributed by atoms with Crippen LogP contribution in [0.1, 0.15) is 32.2 Å². The third-order valence-corrected chi connectivity index (χ3v) is 2.39. The summed E-state index contributed by atoms with van der Waals surface area (Å²) in [5, 5.41) is 8.47. The molecule has 3 nitrogen and oxygen atoms in total. The van der Waals surface area contributed by atoms with Crippen LogP contribution in [0.2, 0.25) is 0 Å². The molecule has 2 rings (SSSR count). The molecule has 0 saturated carbocycles. The van der Waals surface area contributed by atoms with E-state index < -0.39 is 0 Å². The van der Waals surface area contributed by atoms with Gasteiger partial charge >= 0.3 is 0 Å². The highest BCUT2D eigenvalue weighted by atomic mass is 15.2.